The number of rotatable bonds is 7. The second-order valence-corrected chi connectivity index (χ2v) is 6.50. The summed E-state index contributed by atoms with van der Waals surface area (Å²) >= 11 is 0.964. The van der Waals surface area contributed by atoms with Crippen LogP contribution in [0.5, 0.6) is 11.5 Å². The van der Waals surface area contributed by atoms with E-state index in [0.29, 0.717) is 30.4 Å². The molecule has 1 heterocycles. The minimum Gasteiger partial charge on any atom is -0.490 e. The third-order valence-electron chi connectivity index (χ3n) is 3.71. The Morgan fingerprint density at radius 3 is 2.35 bits per heavy atom. The zero-order chi connectivity index (χ0) is 18.4. The lowest BCUT2D eigenvalue weighted by atomic mass is 10.2. The van der Waals surface area contributed by atoms with E-state index in [1.807, 2.05) is 54.6 Å². The maximum Gasteiger partial charge on any atom is 0.293 e. The van der Waals surface area contributed by atoms with Crippen LogP contribution in [-0.2, 0) is 4.79 Å². The molecular weight excluding hydrogens is 350 g/mol. The Morgan fingerprint density at radius 1 is 0.962 bits per heavy atom. The summed E-state index contributed by atoms with van der Waals surface area (Å²) in [6.45, 7) is 3.01. The van der Waals surface area contributed by atoms with Gasteiger partial charge in [0.05, 0.1) is 4.91 Å². The number of carbonyl (C=O) groups excluding carboxylic acids is 2. The van der Waals surface area contributed by atoms with Crippen molar-refractivity contribution in [3.8, 4) is 11.5 Å². The highest BCUT2D eigenvalue weighted by Crippen LogP contribution is 2.32. The molecule has 1 fully saturated rings. The highest BCUT2D eigenvalue weighted by atomic mass is 32.2. The molecular formula is C20H19NO4S. The Kier molecular flexibility index (Phi) is 5.96. The molecule has 5 nitrogen and oxygen atoms in total. The number of imide groups is 1. The topological polar surface area (TPSA) is 55.8 Å². The van der Waals surface area contributed by atoms with Crippen molar-refractivity contribution in [1.29, 1.82) is 0 Å². The minimum absolute atomic E-state index is 0.228. The molecule has 2 aromatic carbocycles. The zero-order valence-corrected chi connectivity index (χ0v) is 15.2. The zero-order valence-electron chi connectivity index (χ0n) is 14.4. The molecule has 1 aliphatic rings. The van der Waals surface area contributed by atoms with Crippen molar-refractivity contribution in [2.24, 2.45) is 0 Å². The first-order chi connectivity index (χ1) is 12.7. The highest BCUT2D eigenvalue weighted by molar-refractivity contribution is 8.18. The molecule has 6 heteroatoms. The fraction of sp³-hybridized carbons (Fsp3) is 0.200. The van der Waals surface area contributed by atoms with Crippen molar-refractivity contribution in [1.82, 2.24) is 4.90 Å². The summed E-state index contributed by atoms with van der Waals surface area (Å²) in [7, 11) is 0. The van der Waals surface area contributed by atoms with Crippen molar-refractivity contribution in [2.45, 2.75) is 6.92 Å². The third kappa shape index (κ3) is 4.46. The molecule has 0 aliphatic carbocycles. The first kappa shape index (κ1) is 18.1. The number of hydrogen-bond donors (Lipinski definition) is 0. The van der Waals surface area contributed by atoms with E-state index < -0.39 is 0 Å². The van der Waals surface area contributed by atoms with Crippen molar-refractivity contribution < 1.29 is 19.1 Å². The lowest BCUT2D eigenvalue weighted by Gasteiger charge is -2.09. The van der Waals surface area contributed by atoms with Crippen LogP contribution in [0.25, 0.3) is 6.08 Å². The molecule has 0 spiro atoms. The van der Waals surface area contributed by atoms with Crippen LogP contribution in [0, 0.1) is 0 Å². The van der Waals surface area contributed by atoms with Crippen LogP contribution < -0.4 is 9.47 Å². The van der Waals surface area contributed by atoms with E-state index in [9.17, 15) is 9.59 Å². The van der Waals surface area contributed by atoms with Crippen molar-refractivity contribution in [2.75, 3.05) is 19.8 Å². The number of ether oxygens (including phenoxy) is 2. The van der Waals surface area contributed by atoms with Gasteiger partial charge in [0.25, 0.3) is 11.1 Å². The molecule has 0 unspecified atom stereocenters. The van der Waals surface area contributed by atoms with Crippen molar-refractivity contribution >= 4 is 29.0 Å². The normalized spacial score (nSPS) is 15.6. The Hall–Kier alpha value is -2.73. The summed E-state index contributed by atoms with van der Waals surface area (Å²) in [6.07, 6.45) is 1.72. The first-order valence-electron chi connectivity index (χ1n) is 8.33. The van der Waals surface area contributed by atoms with Crippen LogP contribution in [0.15, 0.2) is 59.5 Å². The van der Waals surface area contributed by atoms with E-state index in [0.717, 1.165) is 23.1 Å². The molecule has 3 rings (SSSR count). The van der Waals surface area contributed by atoms with Gasteiger partial charge in [-0.3, -0.25) is 14.5 Å². The van der Waals surface area contributed by atoms with E-state index in [-0.39, 0.29) is 11.1 Å². The van der Waals surface area contributed by atoms with Crippen LogP contribution in [0.1, 0.15) is 12.5 Å². The van der Waals surface area contributed by atoms with E-state index >= 15 is 0 Å². The van der Waals surface area contributed by atoms with E-state index in [4.69, 9.17) is 9.47 Å². The Bertz CT molecular complexity index is 820. The maximum absolute atomic E-state index is 12.2. The molecule has 0 bridgehead atoms. The molecule has 0 aromatic heterocycles. The lowest BCUT2D eigenvalue weighted by molar-refractivity contribution is -0.122. The molecule has 0 atom stereocenters. The lowest BCUT2D eigenvalue weighted by Crippen LogP contribution is -2.27. The van der Waals surface area contributed by atoms with Gasteiger partial charge in [-0.25, -0.2) is 0 Å². The number of nitrogens with zero attached hydrogens (tertiary/aromatic N) is 1. The van der Waals surface area contributed by atoms with Crippen LogP contribution in [0.4, 0.5) is 4.79 Å². The predicted octanol–water partition coefficient (Wildman–Crippen LogP) is 4.20. The second kappa shape index (κ2) is 8.58. The standard InChI is InChI=1S/C20H19NO4S/c1-2-21-19(22)18(26-20(21)23)14-15-7-6-10-17(13-15)25-12-11-24-16-8-4-3-5-9-16/h3-10,13-14H,2,11-12H2,1H3/b18-14+. The number of para-hydroxylation sites is 1. The van der Waals surface area contributed by atoms with Gasteiger partial charge in [0, 0.05) is 6.54 Å². The molecule has 2 aromatic rings. The molecule has 134 valence electrons. The summed E-state index contributed by atoms with van der Waals surface area (Å²) < 4.78 is 11.3. The number of amides is 2. The Labute approximate surface area is 156 Å². The summed E-state index contributed by atoms with van der Waals surface area (Å²) in [5, 5.41) is -0.228. The van der Waals surface area contributed by atoms with Gasteiger partial charge in [-0.15, -0.1) is 0 Å². The smallest absolute Gasteiger partial charge is 0.293 e. The molecule has 1 saturated heterocycles. The number of carbonyl (C=O) groups is 2. The van der Waals surface area contributed by atoms with Crippen LogP contribution >= 0.6 is 11.8 Å². The summed E-state index contributed by atoms with van der Waals surface area (Å²) in [5.74, 6) is 1.24. The monoisotopic (exact) mass is 369 g/mol. The summed E-state index contributed by atoms with van der Waals surface area (Å²) in [4.78, 5) is 25.6. The average molecular weight is 369 g/mol. The Morgan fingerprint density at radius 2 is 1.65 bits per heavy atom. The predicted molar refractivity (Wildman–Crippen MR) is 102 cm³/mol. The van der Waals surface area contributed by atoms with Gasteiger partial charge < -0.3 is 9.47 Å². The van der Waals surface area contributed by atoms with Crippen LogP contribution in [-0.4, -0.2) is 35.8 Å². The third-order valence-corrected chi connectivity index (χ3v) is 4.62. The molecule has 1 aliphatic heterocycles. The summed E-state index contributed by atoms with van der Waals surface area (Å²) in [6, 6.07) is 17.0. The first-order valence-corrected chi connectivity index (χ1v) is 9.15. The fourth-order valence-corrected chi connectivity index (χ4v) is 3.36. The van der Waals surface area contributed by atoms with Crippen molar-refractivity contribution in [3.05, 3.63) is 65.1 Å². The van der Waals surface area contributed by atoms with Crippen LogP contribution in [0.2, 0.25) is 0 Å². The molecule has 0 radical (unpaired) electrons. The van der Waals surface area contributed by atoms with Gasteiger partial charge in [-0.1, -0.05) is 30.3 Å². The van der Waals surface area contributed by atoms with Gasteiger partial charge in [0.15, 0.2) is 0 Å². The quantitative estimate of drug-likeness (QED) is 0.541. The average Bonchev–Trinajstić information content (AvgIpc) is 2.93. The van der Waals surface area contributed by atoms with Gasteiger partial charge in [-0.2, -0.15) is 0 Å². The fourth-order valence-electron chi connectivity index (χ4n) is 2.45. The number of benzene rings is 2. The van der Waals surface area contributed by atoms with E-state index in [1.54, 1.807) is 13.0 Å². The molecule has 26 heavy (non-hydrogen) atoms. The minimum atomic E-state index is -0.245. The molecule has 2 amide bonds. The summed E-state index contributed by atoms with van der Waals surface area (Å²) in [5.41, 5.74) is 0.813. The van der Waals surface area contributed by atoms with Gasteiger partial charge in [0.1, 0.15) is 24.7 Å². The van der Waals surface area contributed by atoms with Crippen molar-refractivity contribution in [3.63, 3.8) is 0 Å². The SMILES string of the molecule is CCN1C(=O)S/C(=C/c2cccc(OCCOc3ccccc3)c2)C1=O. The van der Waals surface area contributed by atoms with Gasteiger partial charge >= 0.3 is 0 Å². The van der Waals surface area contributed by atoms with Gasteiger partial charge in [-0.05, 0) is 54.6 Å². The van der Waals surface area contributed by atoms with Crippen LogP contribution in [0.3, 0.4) is 0 Å². The molecule has 0 saturated carbocycles. The Balaban J connectivity index is 1.57. The van der Waals surface area contributed by atoms with Gasteiger partial charge in [0.2, 0.25) is 0 Å². The van der Waals surface area contributed by atoms with E-state index in [1.165, 1.54) is 4.90 Å². The number of thioether (sulfide) groups is 1. The number of likely N-dealkylation sites (N-methyl/N-ethyl adjacent to an activating group) is 1. The molecule has 0 N–H and O–H groups in total. The highest BCUT2D eigenvalue weighted by Gasteiger charge is 2.33. The maximum atomic E-state index is 12.2. The number of hydrogen-bond acceptors (Lipinski definition) is 5. The second-order valence-electron chi connectivity index (χ2n) is 5.51. The largest absolute Gasteiger partial charge is 0.490 e. The van der Waals surface area contributed by atoms with E-state index in [2.05, 4.69) is 0 Å².